The van der Waals surface area contributed by atoms with Gasteiger partial charge in [0, 0.05) is 30.4 Å². The van der Waals surface area contributed by atoms with Gasteiger partial charge in [0.25, 0.3) is 0 Å². The molecule has 6 nitrogen and oxygen atoms in total. The number of hydrogen-bond donors (Lipinski definition) is 1. The minimum atomic E-state index is -1.07. The minimum Gasteiger partial charge on any atom is -0.454 e. The molecule has 3 rings (SSSR count). The Kier molecular flexibility index (Phi) is 4.51. The van der Waals surface area contributed by atoms with Gasteiger partial charge in [0.2, 0.25) is 18.6 Å². The zero-order chi connectivity index (χ0) is 18.0. The molecule has 0 aliphatic carbocycles. The molecule has 130 valence electrons. The Morgan fingerprint density at radius 2 is 1.84 bits per heavy atom. The molecule has 0 atom stereocenters. The van der Waals surface area contributed by atoms with Crippen LogP contribution in [0.3, 0.4) is 0 Å². The number of ether oxygens (including phenoxy) is 2. The van der Waals surface area contributed by atoms with Crippen molar-refractivity contribution in [1.82, 2.24) is 0 Å². The van der Waals surface area contributed by atoms with Gasteiger partial charge in [-0.3, -0.25) is 9.59 Å². The van der Waals surface area contributed by atoms with Crippen molar-refractivity contribution >= 4 is 23.2 Å². The number of halogens is 2. The molecule has 1 aliphatic heterocycles. The van der Waals surface area contributed by atoms with E-state index in [4.69, 9.17) is 9.47 Å². The van der Waals surface area contributed by atoms with E-state index in [1.165, 1.54) is 17.9 Å². The zero-order valence-corrected chi connectivity index (χ0v) is 13.2. The molecule has 25 heavy (non-hydrogen) atoms. The number of rotatable bonds is 4. The summed E-state index contributed by atoms with van der Waals surface area (Å²) in [7, 11) is 0. The van der Waals surface area contributed by atoms with E-state index in [1.54, 1.807) is 18.2 Å². The zero-order valence-electron chi connectivity index (χ0n) is 13.2. The second-order valence-corrected chi connectivity index (χ2v) is 5.32. The first-order valence-corrected chi connectivity index (χ1v) is 7.36. The number of fused-ring (bicyclic) bond motifs is 1. The van der Waals surface area contributed by atoms with Gasteiger partial charge in [-0.05, 0) is 24.3 Å². The molecule has 0 fully saturated rings. The van der Waals surface area contributed by atoms with Gasteiger partial charge >= 0.3 is 0 Å². The molecule has 0 bridgehead atoms. The van der Waals surface area contributed by atoms with Crippen molar-refractivity contribution in [1.29, 1.82) is 0 Å². The molecular formula is C17H14F2N2O4. The van der Waals surface area contributed by atoms with Crippen LogP contribution in [0.25, 0.3) is 0 Å². The maximum Gasteiger partial charge on any atom is 0.244 e. The Balaban J connectivity index is 1.74. The summed E-state index contributed by atoms with van der Waals surface area (Å²) in [6, 6.07) is 7.86. The minimum absolute atomic E-state index is 0.0927. The highest BCUT2D eigenvalue weighted by Crippen LogP contribution is 2.35. The van der Waals surface area contributed by atoms with Gasteiger partial charge in [0.05, 0.1) is 0 Å². The lowest BCUT2D eigenvalue weighted by molar-refractivity contribution is -0.120. The predicted molar refractivity (Wildman–Crippen MR) is 85.6 cm³/mol. The summed E-state index contributed by atoms with van der Waals surface area (Å²) in [4.78, 5) is 25.3. The van der Waals surface area contributed by atoms with Crippen LogP contribution in [-0.4, -0.2) is 25.2 Å². The first-order chi connectivity index (χ1) is 11.9. The van der Waals surface area contributed by atoms with Crippen molar-refractivity contribution in [2.45, 2.75) is 6.92 Å². The Bertz CT molecular complexity index is 841. The fraction of sp³-hybridized carbons (Fsp3) is 0.176. The lowest BCUT2D eigenvalue weighted by atomic mass is 10.2. The van der Waals surface area contributed by atoms with Crippen molar-refractivity contribution in [3.8, 4) is 11.5 Å². The van der Waals surface area contributed by atoms with Crippen molar-refractivity contribution in [2.75, 3.05) is 23.6 Å². The van der Waals surface area contributed by atoms with Crippen LogP contribution in [-0.2, 0) is 9.59 Å². The van der Waals surface area contributed by atoms with E-state index in [-0.39, 0.29) is 24.9 Å². The van der Waals surface area contributed by atoms with E-state index < -0.39 is 17.5 Å². The predicted octanol–water partition coefficient (Wildman–Crippen LogP) is 2.69. The van der Waals surface area contributed by atoms with Gasteiger partial charge in [0.15, 0.2) is 23.1 Å². The number of amides is 2. The van der Waals surface area contributed by atoms with Crippen LogP contribution in [0.5, 0.6) is 11.5 Å². The normalized spacial score (nSPS) is 12.0. The summed E-state index contributed by atoms with van der Waals surface area (Å²) >= 11 is 0. The SMILES string of the molecule is CC(=O)N(CC(=O)Nc1ccc(F)c(F)c1)c1ccc2c(c1)OCO2. The summed E-state index contributed by atoms with van der Waals surface area (Å²) in [5.74, 6) is -1.97. The maximum atomic E-state index is 13.2. The standard InChI is InChI=1S/C17H14F2N2O4/c1-10(22)21(12-3-5-15-16(7-12)25-9-24-15)8-17(23)20-11-2-4-13(18)14(19)6-11/h2-7H,8-9H2,1H3,(H,20,23). The summed E-state index contributed by atoms with van der Waals surface area (Å²) in [6.45, 7) is 1.11. The van der Waals surface area contributed by atoms with Gasteiger partial charge in [-0.15, -0.1) is 0 Å². The molecule has 1 N–H and O–H groups in total. The molecule has 2 aromatic carbocycles. The van der Waals surface area contributed by atoms with Crippen LogP contribution in [0, 0.1) is 11.6 Å². The lowest BCUT2D eigenvalue weighted by Gasteiger charge is -2.21. The van der Waals surface area contributed by atoms with E-state index in [0.29, 0.717) is 17.2 Å². The Morgan fingerprint density at radius 3 is 2.56 bits per heavy atom. The second-order valence-electron chi connectivity index (χ2n) is 5.32. The van der Waals surface area contributed by atoms with Crippen molar-refractivity contribution in [3.05, 3.63) is 48.0 Å². The number of carbonyl (C=O) groups is 2. The molecule has 0 saturated heterocycles. The summed E-state index contributed by atoms with van der Waals surface area (Å²) < 4.78 is 36.6. The second kappa shape index (κ2) is 6.76. The third-order valence-electron chi connectivity index (χ3n) is 3.55. The topological polar surface area (TPSA) is 67.9 Å². The summed E-state index contributed by atoms with van der Waals surface area (Å²) in [6.07, 6.45) is 0. The van der Waals surface area contributed by atoms with Gasteiger partial charge in [0.1, 0.15) is 6.54 Å². The molecule has 0 unspecified atom stereocenters. The van der Waals surface area contributed by atoms with Crippen LogP contribution >= 0.6 is 0 Å². The number of nitrogens with one attached hydrogen (secondary N) is 1. The number of hydrogen-bond acceptors (Lipinski definition) is 4. The summed E-state index contributed by atoms with van der Waals surface area (Å²) in [5.41, 5.74) is 0.551. The van der Waals surface area contributed by atoms with Gasteiger partial charge in [-0.1, -0.05) is 0 Å². The fourth-order valence-corrected chi connectivity index (χ4v) is 2.36. The molecule has 1 heterocycles. The molecule has 2 amide bonds. The van der Waals surface area contributed by atoms with Crippen LogP contribution in [0.1, 0.15) is 6.92 Å². The van der Waals surface area contributed by atoms with Crippen LogP contribution < -0.4 is 19.7 Å². The quantitative estimate of drug-likeness (QED) is 0.922. The van der Waals surface area contributed by atoms with Crippen LogP contribution in [0.15, 0.2) is 36.4 Å². The smallest absolute Gasteiger partial charge is 0.244 e. The maximum absolute atomic E-state index is 13.2. The number of nitrogens with zero attached hydrogens (tertiary/aromatic N) is 1. The Labute approximate surface area is 141 Å². The number of anilines is 2. The highest BCUT2D eigenvalue weighted by molar-refractivity contribution is 6.02. The molecule has 2 aromatic rings. The van der Waals surface area contributed by atoms with Crippen LogP contribution in [0.4, 0.5) is 20.2 Å². The molecule has 8 heteroatoms. The monoisotopic (exact) mass is 348 g/mol. The van der Waals surface area contributed by atoms with Gasteiger partial charge < -0.3 is 19.7 Å². The first kappa shape index (κ1) is 16.7. The molecule has 0 spiro atoms. The third-order valence-corrected chi connectivity index (χ3v) is 3.55. The lowest BCUT2D eigenvalue weighted by Crippen LogP contribution is -2.36. The largest absolute Gasteiger partial charge is 0.454 e. The number of benzene rings is 2. The first-order valence-electron chi connectivity index (χ1n) is 7.36. The molecular weight excluding hydrogens is 334 g/mol. The third kappa shape index (κ3) is 3.68. The Morgan fingerprint density at radius 1 is 1.08 bits per heavy atom. The van der Waals surface area contributed by atoms with E-state index in [0.717, 1.165) is 12.1 Å². The highest BCUT2D eigenvalue weighted by Gasteiger charge is 2.20. The molecule has 0 aromatic heterocycles. The van der Waals surface area contributed by atoms with E-state index in [2.05, 4.69) is 5.32 Å². The highest BCUT2D eigenvalue weighted by atomic mass is 19.2. The van der Waals surface area contributed by atoms with Crippen LogP contribution in [0.2, 0.25) is 0 Å². The van der Waals surface area contributed by atoms with Gasteiger partial charge in [-0.25, -0.2) is 8.78 Å². The molecule has 1 aliphatic rings. The Hall–Kier alpha value is -3.16. The summed E-state index contributed by atoms with van der Waals surface area (Å²) in [5, 5.41) is 2.42. The molecule has 0 radical (unpaired) electrons. The molecule has 0 saturated carbocycles. The van der Waals surface area contributed by atoms with E-state index >= 15 is 0 Å². The van der Waals surface area contributed by atoms with E-state index in [1.807, 2.05) is 0 Å². The van der Waals surface area contributed by atoms with Gasteiger partial charge in [-0.2, -0.15) is 0 Å². The number of carbonyl (C=O) groups excluding carboxylic acids is 2. The van der Waals surface area contributed by atoms with E-state index in [9.17, 15) is 18.4 Å². The van der Waals surface area contributed by atoms with Crippen molar-refractivity contribution < 1.29 is 27.8 Å². The average Bonchev–Trinajstić information content (AvgIpc) is 3.03. The average molecular weight is 348 g/mol. The fourth-order valence-electron chi connectivity index (χ4n) is 2.36. The van der Waals surface area contributed by atoms with Crippen molar-refractivity contribution in [3.63, 3.8) is 0 Å². The van der Waals surface area contributed by atoms with Crippen molar-refractivity contribution in [2.24, 2.45) is 0 Å².